The lowest BCUT2D eigenvalue weighted by molar-refractivity contribution is 0.486. The molecule has 3 heteroatoms. The number of benzene rings is 3. The summed E-state index contributed by atoms with van der Waals surface area (Å²) in [6.45, 7) is 17.5. The standard InChI is InChI=1S/C31H32N2O/c1-8-20-11-9-12-22(17-20)34-27-14-10-13-26-28(27)33-19-25(31(5,6)7)24-18-21(30(2,3)4)15-16-23(24)29(33)32-26/h8-19H,1H2,2-7H3. The normalized spacial score (nSPS) is 12.5. The summed E-state index contributed by atoms with van der Waals surface area (Å²) in [6.07, 6.45) is 4.09. The van der Waals surface area contributed by atoms with Gasteiger partial charge in [0.15, 0.2) is 5.75 Å². The number of rotatable bonds is 3. The summed E-state index contributed by atoms with van der Waals surface area (Å²) < 4.78 is 8.60. The Balaban J connectivity index is 1.82. The summed E-state index contributed by atoms with van der Waals surface area (Å²) in [4.78, 5) is 5.06. The topological polar surface area (TPSA) is 26.5 Å². The van der Waals surface area contributed by atoms with Crippen LogP contribution in [0.15, 0.2) is 73.4 Å². The van der Waals surface area contributed by atoms with E-state index in [1.54, 1.807) is 0 Å². The van der Waals surface area contributed by atoms with E-state index in [4.69, 9.17) is 9.72 Å². The number of hydrogen-bond donors (Lipinski definition) is 0. The molecular weight excluding hydrogens is 416 g/mol. The molecule has 34 heavy (non-hydrogen) atoms. The van der Waals surface area contributed by atoms with E-state index >= 15 is 0 Å². The van der Waals surface area contributed by atoms with Crippen LogP contribution in [0.5, 0.6) is 11.5 Å². The SMILES string of the molecule is C=Cc1cccc(Oc2cccc3nc4c5ccc(C(C)(C)C)cc5c(C(C)(C)C)cn4c23)c1. The molecule has 2 heterocycles. The average molecular weight is 449 g/mol. The zero-order valence-corrected chi connectivity index (χ0v) is 20.9. The first-order chi connectivity index (χ1) is 16.1. The highest BCUT2D eigenvalue weighted by molar-refractivity contribution is 6.01. The quantitative estimate of drug-likeness (QED) is 0.276. The van der Waals surface area contributed by atoms with Gasteiger partial charge in [-0.3, -0.25) is 4.40 Å². The molecule has 0 N–H and O–H groups in total. The molecule has 0 amide bonds. The molecule has 0 saturated carbocycles. The molecule has 3 nitrogen and oxygen atoms in total. The second-order valence-electron chi connectivity index (χ2n) is 11.1. The summed E-state index contributed by atoms with van der Waals surface area (Å²) in [5.74, 6) is 1.57. The van der Waals surface area contributed by atoms with E-state index in [9.17, 15) is 0 Å². The van der Waals surface area contributed by atoms with Gasteiger partial charge in [-0.25, -0.2) is 4.98 Å². The lowest BCUT2D eigenvalue weighted by Gasteiger charge is -2.25. The van der Waals surface area contributed by atoms with Crippen molar-refractivity contribution >= 4 is 33.5 Å². The molecule has 0 radical (unpaired) electrons. The van der Waals surface area contributed by atoms with Crippen molar-refractivity contribution in [2.24, 2.45) is 0 Å². The fourth-order valence-electron chi connectivity index (χ4n) is 4.57. The van der Waals surface area contributed by atoms with Crippen molar-refractivity contribution in [3.63, 3.8) is 0 Å². The molecule has 0 atom stereocenters. The lowest BCUT2D eigenvalue weighted by atomic mass is 9.81. The van der Waals surface area contributed by atoms with Gasteiger partial charge in [0, 0.05) is 11.6 Å². The van der Waals surface area contributed by atoms with E-state index in [2.05, 4.69) is 83.0 Å². The maximum absolute atomic E-state index is 6.39. The van der Waals surface area contributed by atoms with Crippen LogP contribution in [0.25, 0.3) is 33.5 Å². The summed E-state index contributed by atoms with van der Waals surface area (Å²) in [5, 5.41) is 2.43. The first kappa shape index (κ1) is 22.2. The minimum Gasteiger partial charge on any atom is -0.455 e. The van der Waals surface area contributed by atoms with Crippen molar-refractivity contribution in [3.05, 3.63) is 90.1 Å². The lowest BCUT2D eigenvalue weighted by Crippen LogP contribution is -2.15. The molecule has 0 aliphatic heterocycles. The maximum Gasteiger partial charge on any atom is 0.153 e. The second-order valence-corrected chi connectivity index (χ2v) is 11.1. The van der Waals surface area contributed by atoms with Crippen molar-refractivity contribution in [2.75, 3.05) is 0 Å². The van der Waals surface area contributed by atoms with Gasteiger partial charge < -0.3 is 4.74 Å². The number of ether oxygens (including phenoxy) is 1. The molecule has 0 spiro atoms. The predicted molar refractivity (Wildman–Crippen MR) is 144 cm³/mol. The molecule has 0 unspecified atom stereocenters. The van der Waals surface area contributed by atoms with Crippen LogP contribution in [0.3, 0.4) is 0 Å². The Morgan fingerprint density at radius 1 is 0.853 bits per heavy atom. The van der Waals surface area contributed by atoms with Gasteiger partial charge in [-0.05, 0) is 57.2 Å². The zero-order chi connectivity index (χ0) is 24.3. The molecule has 2 aromatic heterocycles. The van der Waals surface area contributed by atoms with Crippen LogP contribution < -0.4 is 4.74 Å². The molecular formula is C31H32N2O. The van der Waals surface area contributed by atoms with E-state index < -0.39 is 0 Å². The molecule has 5 rings (SSSR count). The third kappa shape index (κ3) is 3.75. The van der Waals surface area contributed by atoms with Gasteiger partial charge in [0.2, 0.25) is 0 Å². The third-order valence-electron chi connectivity index (χ3n) is 6.48. The van der Waals surface area contributed by atoms with Crippen LogP contribution in [0.1, 0.15) is 58.2 Å². The van der Waals surface area contributed by atoms with Gasteiger partial charge >= 0.3 is 0 Å². The highest BCUT2D eigenvalue weighted by atomic mass is 16.5. The monoisotopic (exact) mass is 448 g/mol. The summed E-state index contributed by atoms with van der Waals surface area (Å²) in [5.41, 5.74) is 6.55. The number of fused-ring (bicyclic) bond motifs is 5. The highest BCUT2D eigenvalue weighted by Gasteiger charge is 2.23. The number of aromatic nitrogens is 2. The predicted octanol–water partition coefficient (Wildman–Crippen LogP) is 8.67. The van der Waals surface area contributed by atoms with Gasteiger partial charge in [-0.2, -0.15) is 0 Å². The Hall–Kier alpha value is -3.59. The second kappa shape index (κ2) is 7.73. The van der Waals surface area contributed by atoms with Crippen molar-refractivity contribution in [1.82, 2.24) is 9.38 Å². The molecule has 0 saturated heterocycles. The molecule has 0 aliphatic carbocycles. The number of nitrogens with zero attached hydrogens (tertiary/aromatic N) is 2. The average Bonchev–Trinajstić information content (AvgIpc) is 3.17. The van der Waals surface area contributed by atoms with Gasteiger partial charge in [-0.15, -0.1) is 0 Å². The Morgan fingerprint density at radius 2 is 1.62 bits per heavy atom. The van der Waals surface area contributed by atoms with E-state index in [0.717, 1.165) is 39.1 Å². The molecule has 0 bridgehead atoms. The van der Waals surface area contributed by atoms with Gasteiger partial charge in [0.1, 0.15) is 16.9 Å². The zero-order valence-electron chi connectivity index (χ0n) is 20.9. The minimum atomic E-state index is -0.0341. The van der Waals surface area contributed by atoms with Gasteiger partial charge in [0.05, 0.1) is 5.52 Å². The van der Waals surface area contributed by atoms with E-state index in [0.29, 0.717) is 0 Å². The summed E-state index contributed by atoms with van der Waals surface area (Å²) in [6, 6.07) is 20.9. The van der Waals surface area contributed by atoms with Gasteiger partial charge in [-0.1, -0.05) is 90.6 Å². The van der Waals surface area contributed by atoms with Crippen molar-refractivity contribution in [3.8, 4) is 11.5 Å². The molecule has 3 aromatic carbocycles. The van der Waals surface area contributed by atoms with Gasteiger partial charge in [0.25, 0.3) is 0 Å². The first-order valence-corrected chi connectivity index (χ1v) is 11.8. The van der Waals surface area contributed by atoms with E-state index in [-0.39, 0.29) is 10.8 Å². The number of imidazole rings is 1. The number of hydrogen-bond acceptors (Lipinski definition) is 2. The molecule has 0 fully saturated rings. The van der Waals surface area contributed by atoms with Crippen molar-refractivity contribution < 1.29 is 4.74 Å². The smallest absolute Gasteiger partial charge is 0.153 e. The molecule has 172 valence electrons. The summed E-state index contributed by atoms with van der Waals surface area (Å²) >= 11 is 0. The van der Waals surface area contributed by atoms with E-state index in [1.807, 2.05) is 42.5 Å². The third-order valence-corrected chi connectivity index (χ3v) is 6.48. The van der Waals surface area contributed by atoms with Crippen LogP contribution in [-0.2, 0) is 10.8 Å². The highest BCUT2D eigenvalue weighted by Crippen LogP contribution is 2.38. The van der Waals surface area contributed by atoms with E-state index in [1.165, 1.54) is 16.5 Å². The fraction of sp³-hybridized carbons (Fsp3) is 0.258. The Labute approximate surface area is 201 Å². The maximum atomic E-state index is 6.39. The summed E-state index contributed by atoms with van der Waals surface area (Å²) in [7, 11) is 0. The van der Waals surface area contributed by atoms with Crippen LogP contribution in [0.4, 0.5) is 0 Å². The van der Waals surface area contributed by atoms with Crippen LogP contribution in [0, 0.1) is 0 Å². The molecule has 0 aliphatic rings. The Bertz CT molecular complexity index is 1560. The number of pyridine rings is 1. The van der Waals surface area contributed by atoms with Crippen LogP contribution in [0.2, 0.25) is 0 Å². The van der Waals surface area contributed by atoms with Crippen molar-refractivity contribution in [2.45, 2.75) is 52.4 Å². The fourth-order valence-corrected chi connectivity index (χ4v) is 4.57. The Morgan fingerprint density at radius 3 is 2.32 bits per heavy atom. The number of para-hydroxylation sites is 1. The Kier molecular flexibility index (Phi) is 5.05. The van der Waals surface area contributed by atoms with Crippen molar-refractivity contribution in [1.29, 1.82) is 0 Å². The van der Waals surface area contributed by atoms with Crippen LogP contribution in [-0.4, -0.2) is 9.38 Å². The largest absolute Gasteiger partial charge is 0.455 e. The first-order valence-electron chi connectivity index (χ1n) is 11.8. The molecule has 5 aromatic rings. The minimum absolute atomic E-state index is 0.0341. The van der Waals surface area contributed by atoms with Crippen LogP contribution >= 0.6 is 0 Å².